The third kappa shape index (κ3) is 3.66. The van der Waals surface area contributed by atoms with E-state index < -0.39 is 17.5 Å². The number of benzene rings is 2. The molecule has 3 N–H and O–H groups in total. The zero-order valence-corrected chi connectivity index (χ0v) is 15.7. The van der Waals surface area contributed by atoms with Crippen LogP contribution in [0.2, 0.25) is 0 Å². The van der Waals surface area contributed by atoms with Crippen LogP contribution in [0.5, 0.6) is 0 Å². The number of hydrogen-bond donors (Lipinski definition) is 3. The van der Waals surface area contributed by atoms with E-state index in [1.165, 1.54) is 12.1 Å². The van der Waals surface area contributed by atoms with Gasteiger partial charge in [-0.2, -0.15) is 5.10 Å². The maximum Gasteiger partial charge on any atom is 0.413 e. The van der Waals surface area contributed by atoms with E-state index in [0.717, 1.165) is 0 Å². The number of rotatable bonds is 4. The Balaban J connectivity index is 1.70. The summed E-state index contributed by atoms with van der Waals surface area (Å²) in [6, 6.07) is 9.46. The van der Waals surface area contributed by atoms with Crippen LogP contribution in [0, 0.1) is 11.7 Å². The number of aromatic amines is 2. The maximum absolute atomic E-state index is 14.4. The topological polar surface area (TPSA) is 113 Å². The standard InChI is InChI=1S/C20H18FN5O3/c1-10(2)9-29-20(28)24-19-22-14-7-6-11(8-15(14)23-19)17-16-12(18(27)26-25-17)4-3-5-13(16)21/h3-8,10H,9H2,1-2H3,(H,26,27)(H2,22,23,24,28). The van der Waals surface area contributed by atoms with Gasteiger partial charge in [0.2, 0.25) is 5.95 Å². The lowest BCUT2D eigenvalue weighted by Gasteiger charge is -2.06. The van der Waals surface area contributed by atoms with Gasteiger partial charge in [0, 0.05) is 5.56 Å². The van der Waals surface area contributed by atoms with Gasteiger partial charge in [0.1, 0.15) is 11.5 Å². The van der Waals surface area contributed by atoms with E-state index in [1.807, 2.05) is 13.8 Å². The van der Waals surface area contributed by atoms with Crippen molar-refractivity contribution in [2.45, 2.75) is 13.8 Å². The number of aromatic nitrogens is 4. The van der Waals surface area contributed by atoms with Gasteiger partial charge in [-0.05, 0) is 30.2 Å². The predicted octanol–water partition coefficient (Wildman–Crippen LogP) is 3.81. The van der Waals surface area contributed by atoms with Crippen LogP contribution >= 0.6 is 0 Å². The summed E-state index contributed by atoms with van der Waals surface area (Å²) in [7, 11) is 0. The largest absolute Gasteiger partial charge is 0.449 e. The van der Waals surface area contributed by atoms with Crippen LogP contribution in [0.4, 0.5) is 15.1 Å². The lowest BCUT2D eigenvalue weighted by molar-refractivity contribution is 0.147. The molecule has 0 atom stereocenters. The smallest absolute Gasteiger partial charge is 0.413 e. The van der Waals surface area contributed by atoms with Crippen LogP contribution in [0.3, 0.4) is 0 Å². The van der Waals surface area contributed by atoms with Crippen molar-refractivity contribution in [2.24, 2.45) is 5.92 Å². The number of hydrogen-bond acceptors (Lipinski definition) is 5. The molecule has 0 fully saturated rings. The van der Waals surface area contributed by atoms with Gasteiger partial charge in [-0.1, -0.05) is 26.0 Å². The summed E-state index contributed by atoms with van der Waals surface area (Å²) in [5.41, 5.74) is 1.64. The SMILES string of the molecule is CC(C)COC(=O)Nc1nc2ccc(-c3n[nH]c(=O)c4cccc(F)c34)cc2[nH]1. The highest BCUT2D eigenvalue weighted by Crippen LogP contribution is 2.28. The highest BCUT2D eigenvalue weighted by Gasteiger charge is 2.15. The zero-order valence-electron chi connectivity index (χ0n) is 15.7. The van der Waals surface area contributed by atoms with Gasteiger partial charge in [0.05, 0.1) is 28.4 Å². The Morgan fingerprint density at radius 1 is 1.28 bits per heavy atom. The van der Waals surface area contributed by atoms with E-state index in [2.05, 4.69) is 25.5 Å². The molecular weight excluding hydrogens is 377 g/mol. The van der Waals surface area contributed by atoms with E-state index in [0.29, 0.717) is 28.9 Å². The molecule has 0 saturated heterocycles. The number of nitrogens with one attached hydrogen (secondary N) is 3. The molecule has 2 aromatic carbocycles. The second-order valence-electron chi connectivity index (χ2n) is 7.00. The third-order valence-electron chi connectivity index (χ3n) is 4.29. The van der Waals surface area contributed by atoms with Crippen LogP contribution < -0.4 is 10.9 Å². The fourth-order valence-corrected chi connectivity index (χ4v) is 2.98. The van der Waals surface area contributed by atoms with Gasteiger partial charge in [-0.15, -0.1) is 0 Å². The van der Waals surface area contributed by atoms with E-state index in [-0.39, 0.29) is 22.6 Å². The van der Waals surface area contributed by atoms with Crippen molar-refractivity contribution >= 4 is 33.8 Å². The number of H-pyrrole nitrogens is 2. The first-order chi connectivity index (χ1) is 13.9. The fourth-order valence-electron chi connectivity index (χ4n) is 2.98. The summed E-state index contributed by atoms with van der Waals surface area (Å²) in [5, 5.41) is 9.34. The van der Waals surface area contributed by atoms with Crippen molar-refractivity contribution < 1.29 is 13.9 Å². The van der Waals surface area contributed by atoms with Crippen molar-refractivity contribution in [3.8, 4) is 11.3 Å². The summed E-state index contributed by atoms with van der Waals surface area (Å²) in [5.74, 6) is -0.0774. The van der Waals surface area contributed by atoms with Gasteiger partial charge in [0.25, 0.3) is 5.56 Å². The van der Waals surface area contributed by atoms with E-state index in [9.17, 15) is 14.0 Å². The molecule has 148 valence electrons. The molecule has 4 aromatic rings. The molecule has 2 aromatic heterocycles. The quantitative estimate of drug-likeness (QED) is 0.486. The van der Waals surface area contributed by atoms with E-state index >= 15 is 0 Å². The third-order valence-corrected chi connectivity index (χ3v) is 4.29. The Kier molecular flexibility index (Phi) is 4.71. The number of carbonyl (C=O) groups excluding carboxylic acids is 1. The Hall–Kier alpha value is -3.75. The van der Waals surface area contributed by atoms with Gasteiger partial charge in [-0.25, -0.2) is 19.3 Å². The summed E-state index contributed by atoms with van der Waals surface area (Å²) < 4.78 is 19.5. The second-order valence-corrected chi connectivity index (χ2v) is 7.00. The van der Waals surface area contributed by atoms with Crippen molar-refractivity contribution in [3.63, 3.8) is 0 Å². The van der Waals surface area contributed by atoms with Gasteiger partial charge in [0.15, 0.2) is 0 Å². The van der Waals surface area contributed by atoms with Gasteiger partial charge >= 0.3 is 6.09 Å². The summed E-state index contributed by atoms with van der Waals surface area (Å²) in [4.78, 5) is 31.1. The highest BCUT2D eigenvalue weighted by molar-refractivity contribution is 5.96. The fraction of sp³-hybridized carbons (Fsp3) is 0.200. The molecule has 1 amide bonds. The number of carbonyl (C=O) groups is 1. The number of ether oxygens (including phenoxy) is 1. The average molecular weight is 395 g/mol. The maximum atomic E-state index is 14.4. The van der Waals surface area contributed by atoms with Crippen LogP contribution in [0.15, 0.2) is 41.2 Å². The van der Waals surface area contributed by atoms with Crippen molar-refractivity contribution in [3.05, 3.63) is 52.6 Å². The average Bonchev–Trinajstić information content (AvgIpc) is 3.08. The summed E-state index contributed by atoms with van der Waals surface area (Å²) in [6.07, 6.45) is -0.603. The first-order valence-corrected chi connectivity index (χ1v) is 9.03. The minimum atomic E-state index is -0.603. The number of amides is 1. The van der Waals surface area contributed by atoms with E-state index in [4.69, 9.17) is 4.74 Å². The van der Waals surface area contributed by atoms with Crippen LogP contribution in [-0.2, 0) is 4.74 Å². The zero-order chi connectivity index (χ0) is 20.5. The van der Waals surface area contributed by atoms with Crippen LogP contribution in [0.25, 0.3) is 33.1 Å². The minimum absolute atomic E-state index is 0.144. The van der Waals surface area contributed by atoms with Gasteiger partial charge in [-0.3, -0.25) is 10.1 Å². The molecular formula is C20H18FN5O3. The summed E-state index contributed by atoms with van der Waals surface area (Å²) in [6.45, 7) is 4.17. The summed E-state index contributed by atoms with van der Waals surface area (Å²) >= 11 is 0. The normalized spacial score (nSPS) is 11.3. The van der Waals surface area contributed by atoms with E-state index in [1.54, 1.807) is 24.3 Å². The number of halogens is 1. The number of fused-ring (bicyclic) bond motifs is 2. The van der Waals surface area contributed by atoms with Crippen molar-refractivity contribution in [1.82, 2.24) is 20.2 Å². The molecule has 9 heteroatoms. The predicted molar refractivity (Wildman–Crippen MR) is 107 cm³/mol. The Labute approximate surface area is 164 Å². The molecule has 2 heterocycles. The Morgan fingerprint density at radius 3 is 2.90 bits per heavy atom. The molecule has 0 saturated carbocycles. The molecule has 0 aliphatic heterocycles. The molecule has 0 unspecified atom stereocenters. The number of anilines is 1. The highest BCUT2D eigenvalue weighted by atomic mass is 19.1. The lowest BCUT2D eigenvalue weighted by Crippen LogP contribution is -2.17. The Morgan fingerprint density at radius 2 is 2.10 bits per heavy atom. The monoisotopic (exact) mass is 395 g/mol. The molecule has 0 radical (unpaired) electrons. The molecule has 0 spiro atoms. The first kappa shape index (κ1) is 18.6. The molecule has 0 bridgehead atoms. The van der Waals surface area contributed by atoms with Crippen molar-refractivity contribution in [1.29, 1.82) is 0 Å². The van der Waals surface area contributed by atoms with Gasteiger partial charge < -0.3 is 9.72 Å². The first-order valence-electron chi connectivity index (χ1n) is 9.03. The number of imidazole rings is 1. The molecule has 0 aliphatic carbocycles. The van der Waals surface area contributed by atoms with Crippen LogP contribution in [0.1, 0.15) is 13.8 Å². The number of nitrogens with zero attached hydrogens (tertiary/aromatic N) is 2. The molecule has 4 rings (SSSR count). The molecule has 8 nitrogen and oxygen atoms in total. The lowest BCUT2D eigenvalue weighted by atomic mass is 10.0. The second kappa shape index (κ2) is 7.34. The molecule has 0 aliphatic rings. The van der Waals surface area contributed by atoms with Crippen molar-refractivity contribution in [2.75, 3.05) is 11.9 Å². The molecule has 29 heavy (non-hydrogen) atoms. The minimum Gasteiger partial charge on any atom is -0.449 e. The van der Waals surface area contributed by atoms with Crippen LogP contribution in [-0.4, -0.2) is 32.9 Å². The Bertz CT molecular complexity index is 1280.